The lowest BCUT2D eigenvalue weighted by molar-refractivity contribution is 1.17. The van der Waals surface area contributed by atoms with Crippen LogP contribution in [0, 0.1) is 0 Å². The molecule has 0 saturated carbocycles. The first kappa shape index (κ1) is 22.9. The van der Waals surface area contributed by atoms with Crippen molar-refractivity contribution in [2.75, 3.05) is 0 Å². The molecule has 0 aliphatic carbocycles. The molecule has 0 saturated heterocycles. The molecule has 4 heteroatoms. The van der Waals surface area contributed by atoms with E-state index in [4.69, 9.17) is 16.6 Å². The van der Waals surface area contributed by atoms with Gasteiger partial charge in [-0.15, -0.1) is 0 Å². The van der Waals surface area contributed by atoms with Gasteiger partial charge in [0.05, 0.1) is 16.7 Å². The molecule has 0 unspecified atom stereocenters. The molecule has 2 heterocycles. The maximum atomic E-state index is 6.41. The van der Waals surface area contributed by atoms with Crippen molar-refractivity contribution in [1.29, 1.82) is 0 Å². The maximum Gasteiger partial charge on any atom is 0.222 e. The Bertz CT molecular complexity index is 2230. The van der Waals surface area contributed by atoms with Crippen LogP contribution < -0.4 is 0 Å². The van der Waals surface area contributed by atoms with Crippen molar-refractivity contribution in [1.82, 2.24) is 14.5 Å². The molecular formula is C36H22ClN3. The molecule has 0 bridgehead atoms. The van der Waals surface area contributed by atoms with Gasteiger partial charge in [0.15, 0.2) is 0 Å². The quantitative estimate of drug-likeness (QED) is 0.212. The lowest BCUT2D eigenvalue weighted by atomic mass is 9.95. The molecule has 0 N–H and O–H groups in total. The summed E-state index contributed by atoms with van der Waals surface area (Å²) in [5, 5.41) is 7.38. The molecule has 2 aromatic heterocycles. The summed E-state index contributed by atoms with van der Waals surface area (Å²) >= 11 is 6.41. The van der Waals surface area contributed by atoms with E-state index in [9.17, 15) is 0 Å². The number of benzene rings is 6. The number of para-hydroxylation sites is 1. The Labute approximate surface area is 235 Å². The smallest absolute Gasteiger partial charge is 0.222 e. The summed E-state index contributed by atoms with van der Waals surface area (Å²) in [5.41, 5.74) is 7.34. The van der Waals surface area contributed by atoms with Gasteiger partial charge in [-0.1, -0.05) is 103 Å². The zero-order valence-corrected chi connectivity index (χ0v) is 22.2. The normalized spacial score (nSPS) is 11.6. The molecule has 8 aromatic rings. The van der Waals surface area contributed by atoms with Gasteiger partial charge in [-0.2, -0.15) is 0 Å². The second kappa shape index (κ2) is 9.04. The van der Waals surface area contributed by atoms with E-state index in [0.717, 1.165) is 39.0 Å². The first-order chi connectivity index (χ1) is 19.8. The van der Waals surface area contributed by atoms with Crippen LogP contribution in [-0.2, 0) is 0 Å². The second-order valence-electron chi connectivity index (χ2n) is 10.0. The second-order valence-corrected chi connectivity index (χ2v) is 10.4. The minimum Gasteiger partial charge on any atom is -0.309 e. The van der Waals surface area contributed by atoms with Crippen LogP contribution >= 0.6 is 11.6 Å². The average Bonchev–Trinajstić information content (AvgIpc) is 3.35. The van der Waals surface area contributed by atoms with E-state index in [2.05, 4.69) is 137 Å². The van der Waals surface area contributed by atoms with Crippen LogP contribution in [0.3, 0.4) is 0 Å². The summed E-state index contributed by atoms with van der Waals surface area (Å²) in [5.74, 6) is 0. The van der Waals surface area contributed by atoms with Crippen molar-refractivity contribution in [3.8, 4) is 28.1 Å². The highest BCUT2D eigenvalue weighted by Crippen LogP contribution is 2.40. The zero-order chi connectivity index (χ0) is 26.6. The summed E-state index contributed by atoms with van der Waals surface area (Å²) < 4.78 is 2.37. The molecule has 0 atom stereocenters. The molecule has 0 fully saturated rings. The predicted octanol–water partition coefficient (Wildman–Crippen LogP) is 9.87. The fourth-order valence-electron chi connectivity index (χ4n) is 6.01. The Balaban J connectivity index is 1.44. The molecule has 40 heavy (non-hydrogen) atoms. The molecule has 0 spiro atoms. The van der Waals surface area contributed by atoms with Crippen LogP contribution in [0.2, 0.25) is 5.28 Å². The summed E-state index contributed by atoms with van der Waals surface area (Å²) in [6.45, 7) is 0. The highest BCUT2D eigenvalue weighted by atomic mass is 35.5. The number of fused-ring (bicyclic) bond motifs is 6. The number of hydrogen-bond acceptors (Lipinski definition) is 2. The molecule has 8 rings (SSSR count). The van der Waals surface area contributed by atoms with Crippen LogP contribution in [0.15, 0.2) is 134 Å². The molecular weight excluding hydrogens is 510 g/mol. The van der Waals surface area contributed by atoms with Gasteiger partial charge in [0.25, 0.3) is 0 Å². The van der Waals surface area contributed by atoms with Gasteiger partial charge in [0.1, 0.15) is 0 Å². The Kier molecular flexibility index (Phi) is 5.19. The molecule has 6 aromatic carbocycles. The number of halogens is 1. The average molecular weight is 532 g/mol. The van der Waals surface area contributed by atoms with Crippen molar-refractivity contribution >= 4 is 55.0 Å². The van der Waals surface area contributed by atoms with Crippen molar-refractivity contribution in [3.05, 3.63) is 139 Å². The summed E-state index contributed by atoms with van der Waals surface area (Å²) in [7, 11) is 0. The molecule has 3 nitrogen and oxygen atoms in total. The van der Waals surface area contributed by atoms with Gasteiger partial charge >= 0.3 is 0 Å². The van der Waals surface area contributed by atoms with E-state index in [-0.39, 0.29) is 5.28 Å². The highest BCUT2D eigenvalue weighted by Gasteiger charge is 2.18. The third-order valence-corrected chi connectivity index (χ3v) is 7.96. The van der Waals surface area contributed by atoms with Crippen molar-refractivity contribution in [3.63, 3.8) is 0 Å². The summed E-state index contributed by atoms with van der Waals surface area (Å²) in [6.07, 6.45) is 1.84. The molecule has 0 radical (unpaired) electrons. The third kappa shape index (κ3) is 3.52. The Morgan fingerprint density at radius 2 is 1.27 bits per heavy atom. The number of hydrogen-bond donors (Lipinski definition) is 0. The number of nitrogens with zero attached hydrogens (tertiary/aromatic N) is 3. The number of rotatable bonds is 3. The van der Waals surface area contributed by atoms with Gasteiger partial charge in [-0.05, 0) is 57.6 Å². The van der Waals surface area contributed by atoms with Gasteiger partial charge in [-0.3, -0.25) is 0 Å². The van der Waals surface area contributed by atoms with Gasteiger partial charge in [0, 0.05) is 39.2 Å². The zero-order valence-electron chi connectivity index (χ0n) is 21.4. The van der Waals surface area contributed by atoms with Crippen LogP contribution in [0.4, 0.5) is 0 Å². The standard InChI is InChI=1S/C36H22ClN3/c37-36-38-22-32(29-16-8-11-23-9-4-6-14-27(23)29)34(39-36)25-18-20-33-31(21-25)30-19-17-24-10-5-7-15-28(24)35(30)40(33)26-12-2-1-3-13-26/h1-22H. The minimum atomic E-state index is 0.233. The van der Waals surface area contributed by atoms with E-state index < -0.39 is 0 Å². The van der Waals surface area contributed by atoms with Crippen LogP contribution in [0.5, 0.6) is 0 Å². The van der Waals surface area contributed by atoms with Gasteiger partial charge < -0.3 is 4.57 Å². The van der Waals surface area contributed by atoms with Crippen LogP contribution in [0.25, 0.3) is 71.4 Å². The highest BCUT2D eigenvalue weighted by molar-refractivity contribution is 6.28. The Morgan fingerprint density at radius 3 is 2.12 bits per heavy atom. The topological polar surface area (TPSA) is 30.7 Å². The SMILES string of the molecule is Clc1ncc(-c2cccc3ccccc23)c(-c2ccc3c(c2)c2ccc4ccccc4c2n3-c2ccccc2)n1. The number of aromatic nitrogens is 3. The van der Waals surface area contributed by atoms with E-state index >= 15 is 0 Å². The Morgan fingerprint density at radius 1 is 0.550 bits per heavy atom. The first-order valence-electron chi connectivity index (χ1n) is 13.3. The largest absolute Gasteiger partial charge is 0.309 e. The summed E-state index contributed by atoms with van der Waals surface area (Å²) in [4.78, 5) is 9.16. The van der Waals surface area contributed by atoms with E-state index in [1.165, 1.54) is 32.4 Å². The fraction of sp³-hybridized carbons (Fsp3) is 0. The van der Waals surface area contributed by atoms with Gasteiger partial charge in [-0.25, -0.2) is 9.97 Å². The monoisotopic (exact) mass is 531 g/mol. The van der Waals surface area contributed by atoms with Crippen molar-refractivity contribution in [2.24, 2.45) is 0 Å². The van der Waals surface area contributed by atoms with Crippen LogP contribution in [-0.4, -0.2) is 14.5 Å². The fourth-order valence-corrected chi connectivity index (χ4v) is 6.14. The predicted molar refractivity (Wildman–Crippen MR) is 167 cm³/mol. The molecule has 0 aliphatic rings. The molecule has 188 valence electrons. The van der Waals surface area contributed by atoms with E-state index in [0.29, 0.717) is 0 Å². The van der Waals surface area contributed by atoms with Crippen molar-refractivity contribution < 1.29 is 0 Å². The first-order valence-corrected chi connectivity index (χ1v) is 13.7. The van der Waals surface area contributed by atoms with Crippen LogP contribution in [0.1, 0.15) is 0 Å². The van der Waals surface area contributed by atoms with Crippen molar-refractivity contribution in [2.45, 2.75) is 0 Å². The van der Waals surface area contributed by atoms with E-state index in [1.54, 1.807) is 0 Å². The molecule has 0 aliphatic heterocycles. The summed E-state index contributed by atoms with van der Waals surface area (Å²) in [6, 6.07) is 44.9. The lowest BCUT2D eigenvalue weighted by Crippen LogP contribution is -1.95. The maximum absolute atomic E-state index is 6.41. The Hall–Kier alpha value is -4.99. The minimum absolute atomic E-state index is 0.233. The third-order valence-electron chi connectivity index (χ3n) is 7.78. The molecule has 0 amide bonds. The van der Waals surface area contributed by atoms with E-state index in [1.807, 2.05) is 6.20 Å². The van der Waals surface area contributed by atoms with Gasteiger partial charge in [0.2, 0.25) is 5.28 Å². The lowest BCUT2D eigenvalue weighted by Gasteiger charge is -2.12.